The Morgan fingerprint density at radius 3 is 2.71 bits per heavy atom. The summed E-state index contributed by atoms with van der Waals surface area (Å²) in [6, 6.07) is 14.1. The number of carbonyl (C=O) groups excluding carboxylic acids is 1. The number of hydrogen-bond acceptors (Lipinski definition) is 2. The zero-order valence-electron chi connectivity index (χ0n) is 15.4. The second-order valence-electron chi connectivity index (χ2n) is 7.01. The van der Waals surface area contributed by atoms with Crippen LogP contribution in [-0.4, -0.2) is 15.9 Å². The van der Waals surface area contributed by atoms with Gasteiger partial charge >= 0.3 is 0 Å². The van der Waals surface area contributed by atoms with Gasteiger partial charge in [-0.05, 0) is 72.1 Å². The van der Waals surface area contributed by atoms with Crippen LogP contribution in [0.4, 0.5) is 4.39 Å². The Bertz CT molecular complexity index is 1240. The molecule has 0 aliphatic rings. The Labute approximate surface area is 160 Å². The maximum absolute atomic E-state index is 13.3. The van der Waals surface area contributed by atoms with Crippen molar-refractivity contribution in [3.8, 4) is 0 Å². The number of nitrogens with one attached hydrogen (secondary N) is 3. The predicted molar refractivity (Wildman–Crippen MR) is 108 cm³/mol. The molecule has 0 radical (unpaired) electrons. The number of rotatable bonds is 5. The van der Waals surface area contributed by atoms with Crippen molar-refractivity contribution in [2.24, 2.45) is 0 Å². The molecule has 0 unspecified atom stereocenters. The van der Waals surface area contributed by atoms with E-state index in [1.54, 1.807) is 12.1 Å². The Hall–Kier alpha value is -3.41. The summed E-state index contributed by atoms with van der Waals surface area (Å²) in [7, 11) is 0. The van der Waals surface area contributed by atoms with Crippen LogP contribution in [0, 0.1) is 12.7 Å². The average molecular weight is 377 g/mol. The molecule has 0 bridgehead atoms. The van der Waals surface area contributed by atoms with Gasteiger partial charge in [0.2, 0.25) is 5.91 Å². The van der Waals surface area contributed by atoms with Crippen molar-refractivity contribution in [3.05, 3.63) is 81.5 Å². The van der Waals surface area contributed by atoms with Gasteiger partial charge in [0, 0.05) is 29.7 Å². The number of pyridine rings is 1. The van der Waals surface area contributed by atoms with Gasteiger partial charge in [-0.2, -0.15) is 0 Å². The van der Waals surface area contributed by atoms with Crippen LogP contribution in [0.5, 0.6) is 0 Å². The van der Waals surface area contributed by atoms with E-state index >= 15 is 0 Å². The van der Waals surface area contributed by atoms with E-state index in [2.05, 4.69) is 21.4 Å². The molecule has 6 heteroatoms. The molecule has 0 saturated carbocycles. The molecular formula is C22H20FN3O2. The number of aromatic amines is 2. The van der Waals surface area contributed by atoms with Crippen LogP contribution in [0.3, 0.4) is 0 Å². The molecular weight excluding hydrogens is 357 g/mol. The molecule has 4 aromatic rings. The summed E-state index contributed by atoms with van der Waals surface area (Å²) in [5, 5.41) is 4.75. The zero-order valence-corrected chi connectivity index (χ0v) is 15.4. The Morgan fingerprint density at radius 1 is 1.00 bits per heavy atom. The molecule has 0 spiro atoms. The van der Waals surface area contributed by atoms with E-state index in [1.165, 1.54) is 12.1 Å². The Morgan fingerprint density at radius 2 is 1.86 bits per heavy atom. The van der Waals surface area contributed by atoms with Crippen LogP contribution in [0.25, 0.3) is 21.8 Å². The highest BCUT2D eigenvalue weighted by Crippen LogP contribution is 2.17. The first kappa shape index (κ1) is 18.0. The smallest absolute Gasteiger partial charge is 0.251 e. The van der Waals surface area contributed by atoms with E-state index < -0.39 is 5.82 Å². The molecule has 28 heavy (non-hydrogen) atoms. The normalized spacial score (nSPS) is 11.2. The number of aromatic nitrogens is 2. The lowest BCUT2D eigenvalue weighted by Gasteiger charge is -2.07. The highest BCUT2D eigenvalue weighted by Gasteiger charge is 2.08. The fourth-order valence-corrected chi connectivity index (χ4v) is 3.38. The van der Waals surface area contributed by atoms with Crippen LogP contribution in [0.15, 0.2) is 53.3 Å². The second kappa shape index (κ2) is 7.31. The van der Waals surface area contributed by atoms with Gasteiger partial charge < -0.3 is 15.3 Å². The van der Waals surface area contributed by atoms with Crippen molar-refractivity contribution in [3.63, 3.8) is 0 Å². The third-order valence-corrected chi connectivity index (χ3v) is 4.82. The van der Waals surface area contributed by atoms with Gasteiger partial charge in [-0.25, -0.2) is 4.39 Å². The van der Waals surface area contributed by atoms with Gasteiger partial charge in [-0.1, -0.05) is 6.07 Å². The number of aryl methyl sites for hydroxylation is 2. The van der Waals surface area contributed by atoms with E-state index in [4.69, 9.17) is 0 Å². The fourth-order valence-electron chi connectivity index (χ4n) is 3.38. The average Bonchev–Trinajstić information content (AvgIpc) is 3.04. The van der Waals surface area contributed by atoms with Gasteiger partial charge in [0.15, 0.2) is 0 Å². The van der Waals surface area contributed by atoms with Gasteiger partial charge in [-0.3, -0.25) is 9.59 Å². The van der Waals surface area contributed by atoms with Crippen LogP contribution in [0.1, 0.15) is 23.2 Å². The summed E-state index contributed by atoms with van der Waals surface area (Å²) >= 11 is 0. The lowest BCUT2D eigenvalue weighted by Crippen LogP contribution is -2.24. The molecule has 142 valence electrons. The molecule has 0 aliphatic carbocycles. The summed E-state index contributed by atoms with van der Waals surface area (Å²) in [5.74, 6) is -0.521. The largest absolute Gasteiger partial charge is 0.359 e. The number of amides is 1. The Balaban J connectivity index is 1.38. The van der Waals surface area contributed by atoms with Crippen molar-refractivity contribution in [1.29, 1.82) is 0 Å². The van der Waals surface area contributed by atoms with Crippen LogP contribution < -0.4 is 10.9 Å². The third kappa shape index (κ3) is 3.81. The monoisotopic (exact) mass is 377 g/mol. The summed E-state index contributed by atoms with van der Waals surface area (Å²) < 4.78 is 13.3. The summed E-state index contributed by atoms with van der Waals surface area (Å²) in [6.45, 7) is 2.44. The molecule has 2 aromatic carbocycles. The SMILES string of the molecule is Cc1cc2cc(CNC(=O)CCc3cc4ccc(F)cc4[nH]c3=O)ccc2[nH]1. The van der Waals surface area contributed by atoms with Crippen molar-refractivity contribution in [2.75, 3.05) is 0 Å². The van der Waals surface area contributed by atoms with Crippen molar-refractivity contribution < 1.29 is 9.18 Å². The van der Waals surface area contributed by atoms with E-state index in [0.29, 0.717) is 24.0 Å². The number of benzene rings is 2. The van der Waals surface area contributed by atoms with E-state index in [0.717, 1.165) is 27.5 Å². The fraction of sp³-hybridized carbons (Fsp3) is 0.182. The molecule has 0 atom stereocenters. The van der Waals surface area contributed by atoms with E-state index in [1.807, 2.05) is 25.1 Å². The van der Waals surface area contributed by atoms with Crippen LogP contribution >= 0.6 is 0 Å². The first-order valence-electron chi connectivity index (χ1n) is 9.14. The van der Waals surface area contributed by atoms with Crippen molar-refractivity contribution in [1.82, 2.24) is 15.3 Å². The van der Waals surface area contributed by atoms with Gasteiger partial charge in [0.1, 0.15) is 5.82 Å². The molecule has 1 amide bonds. The van der Waals surface area contributed by atoms with E-state index in [-0.39, 0.29) is 17.9 Å². The summed E-state index contributed by atoms with van der Waals surface area (Å²) in [6.07, 6.45) is 0.534. The Kier molecular flexibility index (Phi) is 4.69. The molecule has 3 N–H and O–H groups in total. The predicted octanol–water partition coefficient (Wildman–Crippen LogP) is 3.71. The number of carbonyl (C=O) groups is 1. The molecule has 0 fully saturated rings. The number of halogens is 1. The zero-order chi connectivity index (χ0) is 19.7. The lowest BCUT2D eigenvalue weighted by atomic mass is 10.1. The lowest BCUT2D eigenvalue weighted by molar-refractivity contribution is -0.121. The topological polar surface area (TPSA) is 77.8 Å². The van der Waals surface area contributed by atoms with E-state index in [9.17, 15) is 14.0 Å². The molecule has 2 aromatic heterocycles. The number of H-pyrrole nitrogens is 2. The highest BCUT2D eigenvalue weighted by molar-refractivity contribution is 5.82. The molecule has 0 saturated heterocycles. The molecule has 5 nitrogen and oxygen atoms in total. The quantitative estimate of drug-likeness (QED) is 0.496. The number of fused-ring (bicyclic) bond motifs is 2. The van der Waals surface area contributed by atoms with Crippen LogP contribution in [-0.2, 0) is 17.8 Å². The first-order chi connectivity index (χ1) is 13.5. The molecule has 4 rings (SSSR count). The standard InChI is InChI=1S/C22H20FN3O2/c1-13-8-17-9-14(2-6-19(17)25-13)12-24-21(27)7-4-16-10-15-3-5-18(23)11-20(15)26-22(16)28/h2-3,5-6,8-11,25H,4,7,12H2,1H3,(H,24,27)(H,26,28). The minimum atomic E-state index is -0.400. The minimum absolute atomic E-state index is 0.121. The first-order valence-corrected chi connectivity index (χ1v) is 9.14. The van der Waals surface area contributed by atoms with Crippen molar-refractivity contribution >= 4 is 27.7 Å². The summed E-state index contributed by atoms with van der Waals surface area (Å²) in [4.78, 5) is 30.3. The van der Waals surface area contributed by atoms with Gasteiger partial charge in [-0.15, -0.1) is 0 Å². The van der Waals surface area contributed by atoms with Crippen LogP contribution in [0.2, 0.25) is 0 Å². The van der Waals surface area contributed by atoms with Gasteiger partial charge in [0.05, 0.1) is 5.52 Å². The molecule has 2 heterocycles. The highest BCUT2D eigenvalue weighted by atomic mass is 19.1. The minimum Gasteiger partial charge on any atom is -0.359 e. The molecule has 0 aliphatic heterocycles. The second-order valence-corrected chi connectivity index (χ2v) is 7.01. The van der Waals surface area contributed by atoms with Crippen molar-refractivity contribution in [2.45, 2.75) is 26.3 Å². The third-order valence-electron chi connectivity index (χ3n) is 4.82. The number of hydrogen-bond donors (Lipinski definition) is 3. The van der Waals surface area contributed by atoms with Gasteiger partial charge in [0.25, 0.3) is 5.56 Å². The maximum atomic E-state index is 13.3. The summed E-state index contributed by atoms with van der Waals surface area (Å²) in [5.41, 5.74) is 3.86. The maximum Gasteiger partial charge on any atom is 0.251 e.